The maximum atomic E-state index is 12.2. The van der Waals surface area contributed by atoms with E-state index in [0.717, 1.165) is 38.3 Å². The molecule has 0 amide bonds. The van der Waals surface area contributed by atoms with Crippen LogP contribution >= 0.6 is 0 Å². The topological polar surface area (TPSA) is 47.2 Å². The molecule has 2 aliphatic rings. The van der Waals surface area contributed by atoms with Crippen molar-refractivity contribution in [2.45, 2.75) is 51.2 Å². The van der Waals surface area contributed by atoms with Crippen molar-refractivity contribution >= 4 is 0 Å². The molecule has 2 aromatic rings. The normalized spacial score (nSPS) is 20.8. The summed E-state index contributed by atoms with van der Waals surface area (Å²) in [5.74, 6) is 0.737. The zero-order chi connectivity index (χ0) is 14.9. The molecule has 0 aliphatic heterocycles. The first-order valence-corrected chi connectivity index (χ1v) is 8.25. The summed E-state index contributed by atoms with van der Waals surface area (Å²) >= 11 is 0. The van der Waals surface area contributed by atoms with Gasteiger partial charge in [-0.25, -0.2) is 0 Å². The third kappa shape index (κ3) is 2.88. The molecule has 4 heteroatoms. The van der Waals surface area contributed by atoms with Crippen LogP contribution in [0.4, 0.5) is 0 Å². The van der Waals surface area contributed by atoms with Gasteiger partial charge in [0.15, 0.2) is 0 Å². The minimum Gasteiger partial charge on any atom is -0.472 e. The van der Waals surface area contributed by atoms with Gasteiger partial charge in [0.25, 0.3) is 5.56 Å². The van der Waals surface area contributed by atoms with Gasteiger partial charge >= 0.3 is 0 Å². The fourth-order valence-corrected chi connectivity index (χ4v) is 3.41. The van der Waals surface area contributed by atoms with Gasteiger partial charge in [0.05, 0.1) is 12.5 Å². The number of nitrogens with one attached hydrogen (secondary N) is 1. The van der Waals surface area contributed by atoms with Gasteiger partial charge < -0.3 is 14.3 Å². The Labute approximate surface area is 130 Å². The quantitative estimate of drug-likeness (QED) is 0.922. The molecular formula is C18H22N2O2. The first-order chi connectivity index (χ1) is 10.8. The summed E-state index contributed by atoms with van der Waals surface area (Å²) in [7, 11) is 0. The van der Waals surface area contributed by atoms with Crippen LogP contribution in [0.5, 0.6) is 0 Å². The molecule has 1 atom stereocenters. The summed E-state index contributed by atoms with van der Waals surface area (Å²) < 4.78 is 7.15. The Morgan fingerprint density at radius 2 is 2.14 bits per heavy atom. The van der Waals surface area contributed by atoms with Gasteiger partial charge in [-0.2, -0.15) is 0 Å². The predicted molar refractivity (Wildman–Crippen MR) is 84.8 cm³/mol. The number of furan rings is 1. The third-order valence-corrected chi connectivity index (χ3v) is 4.90. The molecule has 2 aliphatic carbocycles. The zero-order valence-electron chi connectivity index (χ0n) is 12.8. The molecular weight excluding hydrogens is 276 g/mol. The van der Waals surface area contributed by atoms with Crippen LogP contribution in [-0.4, -0.2) is 10.6 Å². The second-order valence-corrected chi connectivity index (χ2v) is 6.65. The van der Waals surface area contributed by atoms with Crippen LogP contribution in [-0.2, 0) is 25.9 Å². The average Bonchev–Trinajstić information content (AvgIpc) is 3.20. The number of pyridine rings is 1. The molecule has 0 spiro atoms. The van der Waals surface area contributed by atoms with E-state index in [1.54, 1.807) is 18.6 Å². The molecule has 22 heavy (non-hydrogen) atoms. The van der Waals surface area contributed by atoms with E-state index in [2.05, 4.69) is 5.32 Å². The Bertz CT molecular complexity index is 698. The molecule has 1 saturated carbocycles. The Morgan fingerprint density at radius 3 is 2.91 bits per heavy atom. The summed E-state index contributed by atoms with van der Waals surface area (Å²) in [4.78, 5) is 12.2. The average molecular weight is 298 g/mol. The number of nitrogens with zero attached hydrogens (tertiary/aromatic N) is 1. The minimum atomic E-state index is 0.176. The highest BCUT2D eigenvalue weighted by molar-refractivity contribution is 5.26. The lowest BCUT2D eigenvalue weighted by atomic mass is 9.91. The van der Waals surface area contributed by atoms with E-state index in [0.29, 0.717) is 6.04 Å². The molecule has 2 heterocycles. The first-order valence-electron chi connectivity index (χ1n) is 8.25. The largest absolute Gasteiger partial charge is 0.472 e. The lowest BCUT2D eigenvalue weighted by Crippen LogP contribution is -2.37. The Hall–Kier alpha value is -1.81. The predicted octanol–water partition coefficient (Wildman–Crippen LogP) is 2.50. The molecule has 1 N–H and O–H groups in total. The van der Waals surface area contributed by atoms with Gasteiger partial charge in [-0.15, -0.1) is 0 Å². The van der Waals surface area contributed by atoms with Crippen LogP contribution in [0.3, 0.4) is 0 Å². The Kier molecular flexibility index (Phi) is 3.62. The molecule has 4 nitrogen and oxygen atoms in total. The Balaban J connectivity index is 1.47. The molecule has 2 aromatic heterocycles. The van der Waals surface area contributed by atoms with Crippen molar-refractivity contribution in [2.24, 2.45) is 5.92 Å². The molecule has 0 unspecified atom stereocenters. The summed E-state index contributed by atoms with van der Waals surface area (Å²) in [5, 5.41) is 3.60. The van der Waals surface area contributed by atoms with Crippen LogP contribution < -0.4 is 10.9 Å². The summed E-state index contributed by atoms with van der Waals surface area (Å²) in [5.41, 5.74) is 3.98. The van der Waals surface area contributed by atoms with Gasteiger partial charge in [0, 0.05) is 36.5 Å². The highest BCUT2D eigenvalue weighted by Gasteiger charge is 2.26. The number of fused-ring (bicyclic) bond motifs is 1. The molecule has 0 aromatic carbocycles. The maximum Gasteiger partial charge on any atom is 0.250 e. The molecule has 4 rings (SSSR count). The molecule has 1 fully saturated rings. The summed E-state index contributed by atoms with van der Waals surface area (Å²) in [6.45, 7) is 1.77. The highest BCUT2D eigenvalue weighted by atomic mass is 16.3. The van der Waals surface area contributed by atoms with Gasteiger partial charge in [0.2, 0.25) is 0 Å². The van der Waals surface area contributed by atoms with Crippen molar-refractivity contribution < 1.29 is 4.42 Å². The fourth-order valence-electron chi connectivity index (χ4n) is 3.41. The zero-order valence-corrected chi connectivity index (χ0v) is 12.8. The van der Waals surface area contributed by atoms with Crippen molar-refractivity contribution in [1.29, 1.82) is 0 Å². The van der Waals surface area contributed by atoms with Crippen molar-refractivity contribution in [2.75, 3.05) is 0 Å². The Morgan fingerprint density at radius 1 is 1.23 bits per heavy atom. The van der Waals surface area contributed by atoms with Crippen LogP contribution in [0.2, 0.25) is 0 Å². The number of rotatable bonds is 5. The second kappa shape index (κ2) is 5.76. The van der Waals surface area contributed by atoms with E-state index in [1.807, 2.05) is 16.7 Å². The standard InChI is InChI=1S/C18H22N2O2/c21-18-6-3-15-9-16(19-10-14-7-8-22-12-14)4-5-17(15)20(18)11-13-1-2-13/h3,6-8,12-13,16,19H,1-2,4-5,9-11H2/t16-/m0/s1. The number of aromatic nitrogens is 1. The van der Waals surface area contributed by atoms with E-state index >= 15 is 0 Å². The lowest BCUT2D eigenvalue weighted by molar-refractivity contribution is 0.435. The lowest BCUT2D eigenvalue weighted by Gasteiger charge is -2.27. The van der Waals surface area contributed by atoms with Gasteiger partial charge in [-0.3, -0.25) is 4.79 Å². The van der Waals surface area contributed by atoms with E-state index < -0.39 is 0 Å². The first kappa shape index (κ1) is 13.8. The number of hydrogen-bond donors (Lipinski definition) is 1. The maximum absolute atomic E-state index is 12.2. The molecule has 0 bridgehead atoms. The SMILES string of the molecule is O=c1ccc2c(n1CC1CC1)CC[C@H](NCc1ccoc1)C2. The van der Waals surface area contributed by atoms with Crippen LogP contribution in [0.25, 0.3) is 0 Å². The van der Waals surface area contributed by atoms with Crippen LogP contribution in [0.15, 0.2) is 39.9 Å². The second-order valence-electron chi connectivity index (χ2n) is 6.65. The van der Waals surface area contributed by atoms with Crippen molar-refractivity contribution in [3.63, 3.8) is 0 Å². The van der Waals surface area contributed by atoms with E-state index in [9.17, 15) is 4.79 Å². The minimum absolute atomic E-state index is 0.176. The van der Waals surface area contributed by atoms with Crippen molar-refractivity contribution in [3.05, 3.63) is 57.9 Å². The highest BCUT2D eigenvalue weighted by Crippen LogP contribution is 2.31. The van der Waals surface area contributed by atoms with Gasteiger partial charge in [-0.1, -0.05) is 6.07 Å². The smallest absolute Gasteiger partial charge is 0.250 e. The van der Waals surface area contributed by atoms with Crippen molar-refractivity contribution in [1.82, 2.24) is 9.88 Å². The summed E-state index contributed by atoms with van der Waals surface area (Å²) in [6.07, 6.45) is 9.18. The van der Waals surface area contributed by atoms with Gasteiger partial charge in [-0.05, 0) is 49.7 Å². The molecule has 116 valence electrons. The van der Waals surface area contributed by atoms with Crippen LogP contribution in [0, 0.1) is 5.92 Å². The summed E-state index contributed by atoms with van der Waals surface area (Å²) in [6, 6.07) is 6.26. The number of hydrogen-bond acceptors (Lipinski definition) is 3. The fraction of sp³-hybridized carbons (Fsp3) is 0.500. The third-order valence-electron chi connectivity index (χ3n) is 4.90. The van der Waals surface area contributed by atoms with Crippen LogP contribution in [0.1, 0.15) is 36.1 Å². The van der Waals surface area contributed by atoms with E-state index in [-0.39, 0.29) is 5.56 Å². The molecule has 0 radical (unpaired) electrons. The van der Waals surface area contributed by atoms with E-state index in [4.69, 9.17) is 4.42 Å². The monoisotopic (exact) mass is 298 g/mol. The van der Waals surface area contributed by atoms with Crippen molar-refractivity contribution in [3.8, 4) is 0 Å². The van der Waals surface area contributed by atoms with Gasteiger partial charge in [0.1, 0.15) is 0 Å². The molecule has 0 saturated heterocycles. The van der Waals surface area contributed by atoms with E-state index in [1.165, 1.54) is 29.7 Å².